The van der Waals surface area contributed by atoms with Crippen molar-refractivity contribution in [1.29, 1.82) is 0 Å². The average Bonchev–Trinajstić information content (AvgIpc) is 2.44. The number of imide groups is 2. The predicted molar refractivity (Wildman–Crippen MR) is 77.5 cm³/mol. The molecule has 0 spiro atoms. The topological polar surface area (TPSA) is 66.5 Å². The van der Waals surface area contributed by atoms with Crippen molar-refractivity contribution < 1.29 is 14.4 Å². The van der Waals surface area contributed by atoms with Crippen LogP contribution in [0, 0.1) is 12.3 Å². The minimum absolute atomic E-state index is 0.187. The maximum absolute atomic E-state index is 12.4. The summed E-state index contributed by atoms with van der Waals surface area (Å²) in [6.45, 7) is 0.187. The Kier molecular flexibility index (Phi) is 4.61. The van der Waals surface area contributed by atoms with Crippen molar-refractivity contribution in [2.45, 2.75) is 18.8 Å². The number of nitrogens with zero attached hydrogens (tertiary/aromatic N) is 1. The van der Waals surface area contributed by atoms with E-state index in [1.807, 2.05) is 0 Å². The number of nitrogens with one attached hydrogen (secondary N) is 1. The first kappa shape index (κ1) is 15.1. The summed E-state index contributed by atoms with van der Waals surface area (Å²) in [6, 6.07) is 5.68. The van der Waals surface area contributed by atoms with E-state index in [1.165, 1.54) is 0 Å². The van der Waals surface area contributed by atoms with Crippen LogP contribution in [0.4, 0.5) is 4.79 Å². The van der Waals surface area contributed by atoms with Crippen LogP contribution in [0.3, 0.4) is 0 Å². The summed E-state index contributed by atoms with van der Waals surface area (Å²) in [5, 5.41) is 2.70. The van der Waals surface area contributed by atoms with E-state index in [4.69, 9.17) is 18.0 Å². The van der Waals surface area contributed by atoms with Crippen molar-refractivity contribution in [2.24, 2.45) is 0 Å². The van der Waals surface area contributed by atoms with Gasteiger partial charge in [-0.2, -0.15) is 0 Å². The van der Waals surface area contributed by atoms with E-state index in [0.29, 0.717) is 23.4 Å². The fraction of sp³-hybridized carbons (Fsp3) is 0.267. The lowest BCUT2D eigenvalue weighted by atomic mass is 9.95. The molecule has 1 heterocycles. The van der Waals surface area contributed by atoms with Crippen molar-refractivity contribution in [3.8, 4) is 12.3 Å². The van der Waals surface area contributed by atoms with Crippen LogP contribution >= 0.6 is 11.6 Å². The van der Waals surface area contributed by atoms with Gasteiger partial charge in [0.05, 0.1) is 0 Å². The molecule has 4 amide bonds. The zero-order valence-electron chi connectivity index (χ0n) is 11.1. The average molecular weight is 305 g/mol. The zero-order valence-corrected chi connectivity index (χ0v) is 11.9. The van der Waals surface area contributed by atoms with E-state index in [9.17, 15) is 14.4 Å². The first-order valence-corrected chi connectivity index (χ1v) is 6.77. The Bertz CT molecular complexity index is 619. The fourth-order valence-corrected chi connectivity index (χ4v) is 2.24. The van der Waals surface area contributed by atoms with Gasteiger partial charge in [-0.15, -0.1) is 12.3 Å². The zero-order chi connectivity index (χ0) is 15.4. The highest BCUT2D eigenvalue weighted by Gasteiger charge is 2.40. The summed E-state index contributed by atoms with van der Waals surface area (Å²) < 4.78 is 0. The molecule has 5 nitrogen and oxygen atoms in total. The number of rotatable bonds is 4. The second kappa shape index (κ2) is 6.42. The quantitative estimate of drug-likeness (QED) is 0.525. The van der Waals surface area contributed by atoms with Crippen LogP contribution in [0.1, 0.15) is 24.3 Å². The third-order valence-electron chi connectivity index (χ3n) is 3.16. The van der Waals surface area contributed by atoms with Crippen LogP contribution in [0.5, 0.6) is 0 Å². The summed E-state index contributed by atoms with van der Waals surface area (Å²) >= 11 is 5.79. The van der Waals surface area contributed by atoms with Crippen molar-refractivity contribution in [2.75, 3.05) is 6.54 Å². The van der Waals surface area contributed by atoms with Gasteiger partial charge in [-0.3, -0.25) is 19.8 Å². The summed E-state index contributed by atoms with van der Waals surface area (Å²) in [4.78, 5) is 37.1. The number of unbranched alkanes of at least 4 members (excludes halogenated alkanes) is 1. The predicted octanol–water partition coefficient (Wildman–Crippen LogP) is 1.92. The lowest BCUT2D eigenvalue weighted by Crippen LogP contribution is -2.56. The Morgan fingerprint density at radius 2 is 1.90 bits per heavy atom. The van der Waals surface area contributed by atoms with Crippen LogP contribution in [0.15, 0.2) is 24.3 Å². The van der Waals surface area contributed by atoms with Gasteiger partial charge in [0.15, 0.2) is 0 Å². The number of hydrogen-bond acceptors (Lipinski definition) is 3. The van der Waals surface area contributed by atoms with Crippen LogP contribution in [-0.2, 0) is 9.59 Å². The van der Waals surface area contributed by atoms with Gasteiger partial charge in [0.2, 0.25) is 11.8 Å². The number of halogens is 1. The maximum Gasteiger partial charge on any atom is 0.330 e. The van der Waals surface area contributed by atoms with E-state index in [0.717, 1.165) is 4.90 Å². The molecule has 0 aromatic heterocycles. The van der Waals surface area contributed by atoms with E-state index in [-0.39, 0.29) is 6.54 Å². The van der Waals surface area contributed by atoms with E-state index < -0.39 is 23.8 Å². The van der Waals surface area contributed by atoms with E-state index in [2.05, 4.69) is 11.2 Å². The van der Waals surface area contributed by atoms with Crippen molar-refractivity contribution in [1.82, 2.24) is 10.2 Å². The minimum atomic E-state index is -1.04. The van der Waals surface area contributed by atoms with Crippen molar-refractivity contribution in [3.63, 3.8) is 0 Å². The van der Waals surface area contributed by atoms with Gasteiger partial charge < -0.3 is 0 Å². The molecular formula is C15H13ClN2O3. The van der Waals surface area contributed by atoms with Crippen molar-refractivity contribution >= 4 is 29.4 Å². The molecule has 1 saturated heterocycles. The van der Waals surface area contributed by atoms with E-state index >= 15 is 0 Å². The Hall–Kier alpha value is -2.32. The molecule has 1 unspecified atom stereocenters. The molecule has 6 heteroatoms. The summed E-state index contributed by atoms with van der Waals surface area (Å²) in [5.41, 5.74) is 0.497. The largest absolute Gasteiger partial charge is 0.330 e. The molecule has 1 fully saturated rings. The highest BCUT2D eigenvalue weighted by atomic mass is 35.5. The number of carbonyl (C=O) groups is 3. The smallest absolute Gasteiger partial charge is 0.277 e. The minimum Gasteiger partial charge on any atom is -0.277 e. The lowest BCUT2D eigenvalue weighted by Gasteiger charge is -2.30. The van der Waals surface area contributed by atoms with Gasteiger partial charge in [0.1, 0.15) is 5.92 Å². The normalized spacial score (nSPS) is 18.4. The summed E-state index contributed by atoms with van der Waals surface area (Å²) in [7, 11) is 0. The molecule has 2 rings (SSSR count). The van der Waals surface area contributed by atoms with Gasteiger partial charge in [0, 0.05) is 18.0 Å². The lowest BCUT2D eigenvalue weighted by molar-refractivity contribution is -0.138. The number of barbiturate groups is 1. The number of benzene rings is 1. The molecule has 0 saturated carbocycles. The first-order chi connectivity index (χ1) is 10.0. The van der Waals surface area contributed by atoms with Crippen LogP contribution in [-0.4, -0.2) is 29.3 Å². The third kappa shape index (κ3) is 3.23. The SMILES string of the molecule is C#CCCCN1C(=O)NC(=O)C(c2ccc(Cl)cc2)C1=O. The molecule has 21 heavy (non-hydrogen) atoms. The fourth-order valence-electron chi connectivity index (χ4n) is 2.11. The monoisotopic (exact) mass is 304 g/mol. The Morgan fingerprint density at radius 1 is 1.24 bits per heavy atom. The molecule has 0 radical (unpaired) electrons. The number of terminal acetylenes is 1. The first-order valence-electron chi connectivity index (χ1n) is 6.39. The van der Waals surface area contributed by atoms with Gasteiger partial charge in [-0.05, 0) is 24.1 Å². The van der Waals surface area contributed by atoms with Gasteiger partial charge in [-0.1, -0.05) is 23.7 Å². The Labute approximate surface area is 127 Å². The molecule has 108 valence electrons. The molecule has 1 aliphatic rings. The Morgan fingerprint density at radius 3 is 2.52 bits per heavy atom. The standard InChI is InChI=1S/C15H13ClN2O3/c1-2-3-4-9-18-14(20)12(13(19)17-15(18)21)10-5-7-11(16)8-6-10/h1,5-8,12H,3-4,9H2,(H,17,19,21). The molecular weight excluding hydrogens is 292 g/mol. The summed E-state index contributed by atoms with van der Waals surface area (Å²) in [6.07, 6.45) is 6.10. The highest BCUT2D eigenvalue weighted by molar-refractivity contribution is 6.30. The van der Waals surface area contributed by atoms with Gasteiger partial charge in [0.25, 0.3) is 0 Å². The molecule has 0 aliphatic carbocycles. The van der Waals surface area contributed by atoms with Gasteiger partial charge >= 0.3 is 6.03 Å². The number of hydrogen-bond donors (Lipinski definition) is 1. The van der Waals surface area contributed by atoms with Crippen LogP contribution in [0.25, 0.3) is 0 Å². The molecule has 1 aromatic rings. The summed E-state index contributed by atoms with van der Waals surface area (Å²) in [5.74, 6) is 0.244. The van der Waals surface area contributed by atoms with Crippen LogP contribution < -0.4 is 5.32 Å². The maximum atomic E-state index is 12.4. The highest BCUT2D eigenvalue weighted by Crippen LogP contribution is 2.24. The second-order valence-electron chi connectivity index (χ2n) is 4.58. The molecule has 1 N–H and O–H groups in total. The molecule has 0 bridgehead atoms. The third-order valence-corrected chi connectivity index (χ3v) is 3.41. The van der Waals surface area contributed by atoms with Gasteiger partial charge in [-0.25, -0.2) is 4.79 Å². The molecule has 1 aromatic carbocycles. The number of carbonyl (C=O) groups excluding carboxylic acids is 3. The Balaban J connectivity index is 2.22. The van der Waals surface area contributed by atoms with Crippen LogP contribution in [0.2, 0.25) is 5.02 Å². The number of amides is 4. The molecule has 1 aliphatic heterocycles. The number of urea groups is 1. The van der Waals surface area contributed by atoms with Crippen molar-refractivity contribution in [3.05, 3.63) is 34.9 Å². The molecule has 1 atom stereocenters. The second-order valence-corrected chi connectivity index (χ2v) is 5.01. The van der Waals surface area contributed by atoms with E-state index in [1.54, 1.807) is 24.3 Å².